The van der Waals surface area contributed by atoms with Crippen molar-refractivity contribution in [2.24, 2.45) is 0 Å². The van der Waals surface area contributed by atoms with E-state index < -0.39 is 5.54 Å². The lowest BCUT2D eigenvalue weighted by atomic mass is 10.0. The summed E-state index contributed by atoms with van der Waals surface area (Å²) in [7, 11) is 0. The maximum absolute atomic E-state index is 12.1. The van der Waals surface area contributed by atoms with E-state index >= 15 is 0 Å². The van der Waals surface area contributed by atoms with Gasteiger partial charge in [0.1, 0.15) is 0 Å². The van der Waals surface area contributed by atoms with E-state index in [1.807, 2.05) is 0 Å². The molecule has 0 saturated carbocycles. The normalized spacial score (nSPS) is 11.2. The van der Waals surface area contributed by atoms with Crippen molar-refractivity contribution in [3.63, 3.8) is 0 Å². The van der Waals surface area contributed by atoms with Gasteiger partial charge in [-0.1, -0.05) is 36.4 Å². The van der Waals surface area contributed by atoms with Gasteiger partial charge in [0.05, 0.1) is 5.54 Å². The van der Waals surface area contributed by atoms with Crippen LogP contribution in [-0.2, 0) is 0 Å². The molecule has 3 N–H and O–H groups in total. The van der Waals surface area contributed by atoms with Gasteiger partial charge < -0.3 is 21.0 Å². The zero-order valence-corrected chi connectivity index (χ0v) is 13.8. The molecule has 0 atom stereocenters. The van der Waals surface area contributed by atoms with Gasteiger partial charge in [-0.2, -0.15) is 0 Å². The van der Waals surface area contributed by atoms with Gasteiger partial charge in [0.15, 0.2) is 0 Å². The third kappa shape index (κ3) is 5.12. The molecule has 0 aliphatic carbocycles. The number of carbonyl (C=O) groups is 2. The fraction of sp³-hybridized carbons (Fsp3) is 0.222. The molecule has 0 aliphatic heterocycles. The topological polar surface area (TPSA) is 105 Å². The Labute approximate surface area is 145 Å². The van der Waals surface area contributed by atoms with Crippen molar-refractivity contribution in [2.75, 3.05) is 13.1 Å². The second kappa shape index (κ2) is 8.39. The second-order valence-corrected chi connectivity index (χ2v) is 5.87. The molecule has 0 spiro atoms. The molecule has 0 radical (unpaired) electrons. The molecular weight excluding hydrogens is 322 g/mol. The Balaban J connectivity index is 1.96. The van der Waals surface area contributed by atoms with E-state index in [4.69, 9.17) is 0 Å². The Morgan fingerprint density at radius 3 is 1.60 bits per heavy atom. The molecule has 0 aromatic heterocycles. The Kier molecular flexibility index (Phi) is 6.24. The summed E-state index contributed by atoms with van der Waals surface area (Å²) in [4.78, 5) is 24.1. The number of hydrogen-bond donors (Lipinski definition) is 3. The van der Waals surface area contributed by atoms with Crippen LogP contribution in [0.15, 0.2) is 60.7 Å². The predicted molar refractivity (Wildman–Crippen MR) is 92.9 cm³/mol. The molecular formula is C18H20N3O4-. The lowest BCUT2D eigenvalue weighted by molar-refractivity contribution is -0.120. The fourth-order valence-electron chi connectivity index (χ4n) is 2.12. The lowest BCUT2D eigenvalue weighted by Gasteiger charge is -2.41. The predicted octanol–water partition coefficient (Wildman–Crippen LogP) is 1.79. The van der Waals surface area contributed by atoms with E-state index in [9.17, 15) is 20.0 Å². The summed E-state index contributed by atoms with van der Waals surface area (Å²) >= 11 is 0. The number of benzene rings is 2. The largest absolute Gasteiger partial charge is 0.762 e. The van der Waals surface area contributed by atoms with Crippen molar-refractivity contribution in [1.29, 1.82) is 0 Å². The first-order valence-corrected chi connectivity index (χ1v) is 7.75. The summed E-state index contributed by atoms with van der Waals surface area (Å²) in [6, 6.07) is 17.0. The molecule has 2 aromatic carbocycles. The standard InChI is InChI=1S/C18H20N3O4/c1-18(21(24)25,12-19-16(22)14-8-4-2-5-9-14)13-20-17(23)15-10-6-3-7-11-15/h2-11,24H,12-13H2,1H3,(H,19,22)(H,20,23)/q-1. The van der Waals surface area contributed by atoms with Crippen LogP contribution in [0.3, 0.4) is 0 Å². The maximum Gasteiger partial charge on any atom is 0.251 e. The van der Waals surface area contributed by atoms with Crippen LogP contribution in [0.5, 0.6) is 0 Å². The van der Waals surface area contributed by atoms with E-state index in [0.717, 1.165) is 0 Å². The van der Waals surface area contributed by atoms with Gasteiger partial charge in [0, 0.05) is 24.2 Å². The Hall–Kier alpha value is -2.74. The summed E-state index contributed by atoms with van der Waals surface area (Å²) in [5, 5.41) is 25.9. The van der Waals surface area contributed by atoms with Gasteiger partial charge in [0.2, 0.25) is 0 Å². The average Bonchev–Trinajstić information content (AvgIpc) is 2.65. The quantitative estimate of drug-likeness (QED) is 0.666. The van der Waals surface area contributed by atoms with Crippen LogP contribution in [0.4, 0.5) is 0 Å². The van der Waals surface area contributed by atoms with Crippen molar-refractivity contribution in [1.82, 2.24) is 15.9 Å². The van der Waals surface area contributed by atoms with Crippen LogP contribution in [-0.4, -0.2) is 40.9 Å². The molecule has 0 heterocycles. The van der Waals surface area contributed by atoms with E-state index in [1.54, 1.807) is 60.7 Å². The number of nitrogens with one attached hydrogen (secondary N) is 2. The first kappa shape index (κ1) is 18.6. The van der Waals surface area contributed by atoms with Gasteiger partial charge in [-0.05, 0) is 31.2 Å². The average molecular weight is 342 g/mol. The van der Waals surface area contributed by atoms with Gasteiger partial charge in [0.25, 0.3) is 11.8 Å². The van der Waals surface area contributed by atoms with E-state index in [-0.39, 0.29) is 30.1 Å². The molecule has 2 amide bonds. The van der Waals surface area contributed by atoms with Crippen LogP contribution in [0, 0.1) is 5.21 Å². The highest BCUT2D eigenvalue weighted by Gasteiger charge is 2.27. The van der Waals surface area contributed by atoms with Gasteiger partial charge in [-0.15, -0.1) is 0 Å². The maximum atomic E-state index is 12.1. The lowest BCUT2D eigenvalue weighted by Crippen LogP contribution is -2.56. The van der Waals surface area contributed by atoms with Crippen molar-refractivity contribution in [2.45, 2.75) is 12.5 Å². The molecule has 25 heavy (non-hydrogen) atoms. The van der Waals surface area contributed by atoms with E-state index in [2.05, 4.69) is 10.6 Å². The fourth-order valence-corrected chi connectivity index (χ4v) is 2.12. The molecule has 0 aliphatic rings. The summed E-state index contributed by atoms with van der Waals surface area (Å²) < 4.78 is 0. The van der Waals surface area contributed by atoms with Crippen LogP contribution >= 0.6 is 0 Å². The highest BCUT2D eigenvalue weighted by molar-refractivity contribution is 5.94. The van der Waals surface area contributed by atoms with Gasteiger partial charge in [-0.25, -0.2) is 0 Å². The molecule has 0 unspecified atom stereocenters. The monoisotopic (exact) mass is 342 g/mol. The highest BCUT2D eigenvalue weighted by Crippen LogP contribution is 2.11. The summed E-state index contributed by atoms with van der Waals surface area (Å²) in [6.07, 6.45) is 0. The Morgan fingerprint density at radius 2 is 1.28 bits per heavy atom. The summed E-state index contributed by atoms with van der Waals surface area (Å²) in [5.41, 5.74) is -0.531. The number of hydroxylamine groups is 2. The van der Waals surface area contributed by atoms with Crippen molar-refractivity contribution in [3.05, 3.63) is 77.0 Å². The Morgan fingerprint density at radius 1 is 0.920 bits per heavy atom. The third-order valence-electron chi connectivity index (χ3n) is 3.79. The van der Waals surface area contributed by atoms with Gasteiger partial charge >= 0.3 is 0 Å². The van der Waals surface area contributed by atoms with Crippen molar-refractivity contribution < 1.29 is 14.8 Å². The molecule has 2 rings (SSSR count). The zero-order valence-electron chi connectivity index (χ0n) is 13.8. The van der Waals surface area contributed by atoms with Crippen LogP contribution in [0.2, 0.25) is 0 Å². The van der Waals surface area contributed by atoms with E-state index in [1.165, 1.54) is 6.92 Å². The van der Waals surface area contributed by atoms with Crippen molar-refractivity contribution >= 4 is 11.8 Å². The number of carbonyl (C=O) groups excluding carboxylic acids is 2. The van der Waals surface area contributed by atoms with E-state index in [0.29, 0.717) is 11.1 Å². The first-order valence-electron chi connectivity index (χ1n) is 7.75. The minimum absolute atomic E-state index is 0.143. The van der Waals surface area contributed by atoms with Crippen LogP contribution in [0.25, 0.3) is 0 Å². The molecule has 0 bridgehead atoms. The molecule has 7 nitrogen and oxygen atoms in total. The van der Waals surface area contributed by atoms with Crippen LogP contribution in [0.1, 0.15) is 27.6 Å². The highest BCUT2D eigenvalue weighted by atomic mass is 16.8. The zero-order chi connectivity index (χ0) is 18.3. The number of nitrogens with zero attached hydrogens (tertiary/aromatic N) is 1. The molecule has 0 fully saturated rings. The minimum atomic E-state index is -1.41. The molecule has 132 valence electrons. The Bertz CT molecular complexity index is 649. The van der Waals surface area contributed by atoms with Gasteiger partial charge in [-0.3, -0.25) is 14.8 Å². The summed E-state index contributed by atoms with van der Waals surface area (Å²) in [6.45, 7) is 1.15. The number of hydrogen-bond acceptors (Lipinski definition) is 5. The molecule has 0 saturated heterocycles. The third-order valence-corrected chi connectivity index (χ3v) is 3.79. The number of rotatable bonds is 7. The molecule has 7 heteroatoms. The smallest absolute Gasteiger partial charge is 0.251 e. The second-order valence-electron chi connectivity index (χ2n) is 5.87. The van der Waals surface area contributed by atoms with Crippen LogP contribution < -0.4 is 10.6 Å². The SMILES string of the molecule is CC(CNC(=O)c1ccccc1)(CNC(=O)c1ccccc1)N([O-])O. The first-order chi connectivity index (χ1) is 11.9. The van der Waals surface area contributed by atoms with Crippen molar-refractivity contribution in [3.8, 4) is 0 Å². The minimum Gasteiger partial charge on any atom is -0.762 e. The summed E-state index contributed by atoms with van der Waals surface area (Å²) in [5.74, 6) is -0.744. The molecule has 2 aromatic rings. The number of amides is 2.